The van der Waals surface area contributed by atoms with E-state index in [4.69, 9.17) is 0 Å². The molecular weight excluding hydrogens is 523 g/mol. The Balaban J connectivity index is 1.50. The van der Waals surface area contributed by atoms with Gasteiger partial charge in [-0.1, -0.05) is 98.4 Å². The predicted molar refractivity (Wildman–Crippen MR) is 173 cm³/mol. The summed E-state index contributed by atoms with van der Waals surface area (Å²) in [5, 5.41) is 8.09. The van der Waals surface area contributed by atoms with Gasteiger partial charge in [-0.25, -0.2) is 0 Å². The van der Waals surface area contributed by atoms with Gasteiger partial charge < -0.3 is 4.57 Å². The number of hydrogen-bond acceptors (Lipinski definition) is 2. The molecule has 10 rings (SSSR count). The van der Waals surface area contributed by atoms with Gasteiger partial charge in [-0.15, -0.1) is 11.3 Å². The number of rotatable bonds is 0. The molecule has 6 aromatic carbocycles. The highest BCUT2D eigenvalue weighted by Gasteiger charge is 2.39. The van der Waals surface area contributed by atoms with Crippen LogP contribution in [-0.2, 0) is 5.41 Å². The SMILES string of the molecule is CC1(C)c2ccccc2-c2c1cc1c3c2c2cc4c(cc2n3-c2c(ccc3ccccc23)S1)sc1ccccc14. The van der Waals surface area contributed by atoms with Gasteiger partial charge in [0.25, 0.3) is 0 Å². The molecule has 0 atom stereocenters. The first-order valence-electron chi connectivity index (χ1n) is 13.9. The monoisotopic (exact) mass is 545 g/mol. The second-order valence-electron chi connectivity index (χ2n) is 11.7. The quantitative estimate of drug-likeness (QED) is 0.183. The van der Waals surface area contributed by atoms with Gasteiger partial charge in [0.1, 0.15) is 0 Å². The summed E-state index contributed by atoms with van der Waals surface area (Å²) in [6, 6.07) is 38.9. The summed E-state index contributed by atoms with van der Waals surface area (Å²) in [5.74, 6) is 0. The van der Waals surface area contributed by atoms with E-state index in [9.17, 15) is 0 Å². The summed E-state index contributed by atoms with van der Waals surface area (Å²) in [7, 11) is 0. The maximum Gasteiger partial charge on any atom is 0.0687 e. The minimum absolute atomic E-state index is 0.0472. The number of fused-ring (bicyclic) bond motifs is 14. The lowest BCUT2D eigenvalue weighted by Crippen LogP contribution is -2.15. The van der Waals surface area contributed by atoms with Crippen LogP contribution in [0.15, 0.2) is 113 Å². The lowest BCUT2D eigenvalue weighted by Gasteiger charge is -2.25. The maximum atomic E-state index is 2.60. The number of nitrogens with zero attached hydrogens (tertiary/aromatic N) is 1. The molecule has 8 aromatic rings. The molecule has 2 aromatic heterocycles. The molecule has 3 heterocycles. The summed E-state index contributed by atoms with van der Waals surface area (Å²) in [6.07, 6.45) is 0. The van der Waals surface area contributed by atoms with Crippen molar-refractivity contribution in [1.29, 1.82) is 0 Å². The van der Waals surface area contributed by atoms with Crippen LogP contribution >= 0.6 is 23.1 Å². The van der Waals surface area contributed by atoms with Crippen LogP contribution in [0.5, 0.6) is 0 Å². The third-order valence-corrected chi connectivity index (χ3v) is 11.6. The zero-order valence-corrected chi connectivity index (χ0v) is 23.7. The van der Waals surface area contributed by atoms with Gasteiger partial charge in [-0.2, -0.15) is 0 Å². The molecule has 188 valence electrons. The molecule has 2 aliphatic rings. The van der Waals surface area contributed by atoms with Crippen molar-refractivity contribution in [3.8, 4) is 16.8 Å². The van der Waals surface area contributed by atoms with Crippen molar-refractivity contribution in [2.75, 3.05) is 0 Å². The molecule has 0 unspecified atom stereocenters. The fourth-order valence-corrected chi connectivity index (χ4v) is 9.80. The van der Waals surface area contributed by atoms with Crippen LogP contribution in [0.25, 0.3) is 69.6 Å². The van der Waals surface area contributed by atoms with Crippen molar-refractivity contribution in [1.82, 2.24) is 4.57 Å². The van der Waals surface area contributed by atoms with Gasteiger partial charge in [0, 0.05) is 51.5 Å². The van der Waals surface area contributed by atoms with Crippen molar-refractivity contribution in [2.24, 2.45) is 0 Å². The van der Waals surface area contributed by atoms with E-state index in [1.54, 1.807) is 0 Å². The average molecular weight is 546 g/mol. The minimum Gasteiger partial charge on any atom is -0.306 e. The normalized spacial score (nSPS) is 14.8. The number of hydrogen-bond donors (Lipinski definition) is 0. The van der Waals surface area contributed by atoms with Crippen LogP contribution in [0.4, 0.5) is 0 Å². The topological polar surface area (TPSA) is 4.93 Å². The third kappa shape index (κ3) is 2.48. The van der Waals surface area contributed by atoms with Gasteiger partial charge in [0.05, 0.1) is 16.7 Å². The molecular formula is C37H23NS2. The molecule has 0 N–H and O–H groups in total. The Morgan fingerprint density at radius 1 is 0.625 bits per heavy atom. The van der Waals surface area contributed by atoms with Crippen molar-refractivity contribution in [3.63, 3.8) is 0 Å². The zero-order chi connectivity index (χ0) is 26.3. The Bertz CT molecular complexity index is 2440. The fraction of sp³-hybridized carbons (Fsp3) is 0.0811. The molecule has 40 heavy (non-hydrogen) atoms. The standard InChI is InChI=1S/C37H23NS2/c1-37(2)26-13-7-5-12-23(26)33-27(37)18-32-36-34(33)25-17-24-22-11-6-8-14-29(22)39-31(24)19-28(25)38(36)35-21-10-4-3-9-20(21)15-16-30(35)40-32/h3-19H,1-2H3. The highest BCUT2D eigenvalue weighted by molar-refractivity contribution is 7.99. The first-order chi connectivity index (χ1) is 19.6. The lowest BCUT2D eigenvalue weighted by molar-refractivity contribution is 0.659. The number of benzene rings is 6. The van der Waals surface area contributed by atoms with E-state index in [-0.39, 0.29) is 5.41 Å². The Kier molecular flexibility index (Phi) is 3.90. The molecule has 0 amide bonds. The summed E-state index contributed by atoms with van der Waals surface area (Å²) < 4.78 is 5.31. The highest BCUT2D eigenvalue weighted by Crippen LogP contribution is 2.58. The van der Waals surface area contributed by atoms with Crippen molar-refractivity contribution >= 4 is 75.8 Å². The van der Waals surface area contributed by atoms with Crippen LogP contribution in [-0.4, -0.2) is 4.57 Å². The van der Waals surface area contributed by atoms with E-state index in [0.29, 0.717) is 0 Å². The van der Waals surface area contributed by atoms with Crippen molar-refractivity contribution in [2.45, 2.75) is 29.1 Å². The minimum atomic E-state index is -0.0472. The van der Waals surface area contributed by atoms with E-state index in [0.717, 1.165) is 0 Å². The van der Waals surface area contributed by atoms with E-state index >= 15 is 0 Å². The molecule has 0 radical (unpaired) electrons. The van der Waals surface area contributed by atoms with Crippen LogP contribution < -0.4 is 0 Å². The van der Waals surface area contributed by atoms with Gasteiger partial charge in [-0.05, 0) is 58.0 Å². The zero-order valence-electron chi connectivity index (χ0n) is 22.1. The number of thiophene rings is 1. The fourth-order valence-electron chi connectivity index (χ4n) is 7.54. The molecule has 0 saturated heterocycles. The van der Waals surface area contributed by atoms with Crippen LogP contribution in [0, 0.1) is 0 Å². The van der Waals surface area contributed by atoms with Crippen molar-refractivity contribution in [3.05, 3.63) is 114 Å². The van der Waals surface area contributed by atoms with Crippen LogP contribution in [0.1, 0.15) is 25.0 Å². The second-order valence-corrected chi connectivity index (χ2v) is 13.9. The molecule has 1 aliphatic heterocycles. The molecule has 3 heteroatoms. The predicted octanol–water partition coefficient (Wildman–Crippen LogP) is 11.1. The summed E-state index contributed by atoms with van der Waals surface area (Å²) in [5.41, 5.74) is 9.63. The van der Waals surface area contributed by atoms with Gasteiger partial charge >= 0.3 is 0 Å². The first-order valence-corrected chi connectivity index (χ1v) is 15.5. The number of aromatic nitrogens is 1. The second kappa shape index (κ2) is 7.17. The van der Waals surface area contributed by atoms with E-state index in [2.05, 4.69) is 122 Å². The summed E-state index contributed by atoms with van der Waals surface area (Å²) >= 11 is 3.85. The summed E-state index contributed by atoms with van der Waals surface area (Å²) in [4.78, 5) is 2.69. The van der Waals surface area contributed by atoms with Crippen molar-refractivity contribution < 1.29 is 0 Å². The van der Waals surface area contributed by atoms with E-state index < -0.39 is 0 Å². The maximum absolute atomic E-state index is 2.60. The third-order valence-electron chi connectivity index (χ3n) is 9.34. The van der Waals surface area contributed by atoms with Gasteiger partial charge in [0.2, 0.25) is 0 Å². The highest BCUT2D eigenvalue weighted by atomic mass is 32.2. The largest absolute Gasteiger partial charge is 0.306 e. The molecule has 0 saturated carbocycles. The molecule has 0 spiro atoms. The van der Waals surface area contributed by atoms with Gasteiger partial charge in [-0.3, -0.25) is 0 Å². The van der Waals surface area contributed by atoms with Crippen LogP contribution in [0.2, 0.25) is 0 Å². The smallest absolute Gasteiger partial charge is 0.0687 e. The Labute approximate surface area is 239 Å². The molecule has 0 fully saturated rings. The molecule has 1 aliphatic carbocycles. The Hall–Kier alpha value is -4.05. The van der Waals surface area contributed by atoms with Gasteiger partial charge in [0.15, 0.2) is 0 Å². The average Bonchev–Trinajstić information content (AvgIpc) is 3.59. The molecule has 0 bridgehead atoms. The first kappa shape index (κ1) is 21.7. The Morgan fingerprint density at radius 3 is 2.35 bits per heavy atom. The summed E-state index contributed by atoms with van der Waals surface area (Å²) in [6.45, 7) is 4.80. The Morgan fingerprint density at radius 2 is 1.43 bits per heavy atom. The van der Waals surface area contributed by atoms with E-state index in [1.807, 2.05) is 23.1 Å². The van der Waals surface area contributed by atoms with Crippen LogP contribution in [0.3, 0.4) is 0 Å². The van der Waals surface area contributed by atoms with E-state index in [1.165, 1.54) is 90.5 Å². The lowest BCUT2D eigenvalue weighted by atomic mass is 9.82. The molecule has 1 nitrogen and oxygen atoms in total.